The zero-order chi connectivity index (χ0) is 16.6. The third kappa shape index (κ3) is 3.36. The summed E-state index contributed by atoms with van der Waals surface area (Å²) in [6.45, 7) is 1.47. The van der Waals surface area contributed by atoms with Crippen LogP contribution in [0.4, 0.5) is 0 Å². The van der Waals surface area contributed by atoms with Crippen molar-refractivity contribution in [3.63, 3.8) is 0 Å². The molecule has 1 aromatic carbocycles. The summed E-state index contributed by atoms with van der Waals surface area (Å²) < 4.78 is 18.3. The van der Waals surface area contributed by atoms with Crippen LogP contribution in [0.1, 0.15) is 26.2 Å². The van der Waals surface area contributed by atoms with Crippen molar-refractivity contribution >= 4 is 18.8 Å². The Hall–Kier alpha value is -1.20. The van der Waals surface area contributed by atoms with Crippen molar-refractivity contribution in [3.05, 3.63) is 30.3 Å². The van der Waals surface area contributed by atoms with Crippen LogP contribution < -0.4 is 10.6 Å². The highest BCUT2D eigenvalue weighted by molar-refractivity contribution is 7.61. The summed E-state index contributed by atoms with van der Waals surface area (Å²) in [6.07, 6.45) is 2.18. The first-order valence-electron chi connectivity index (χ1n) is 7.94. The molecule has 2 heterocycles. The molecule has 3 rings (SSSR count). The van der Waals surface area contributed by atoms with Gasteiger partial charge in [-0.15, -0.1) is 0 Å². The summed E-state index contributed by atoms with van der Waals surface area (Å²) in [4.78, 5) is 24.2. The molecule has 2 saturated heterocycles. The fourth-order valence-electron chi connectivity index (χ4n) is 3.81. The van der Waals surface area contributed by atoms with E-state index in [1.807, 2.05) is 7.05 Å². The summed E-state index contributed by atoms with van der Waals surface area (Å²) in [5.41, 5.74) is 0. The van der Waals surface area contributed by atoms with Crippen LogP contribution in [-0.2, 0) is 13.9 Å². The molecule has 1 unspecified atom stereocenters. The van der Waals surface area contributed by atoms with E-state index in [0.717, 1.165) is 12.8 Å². The number of likely N-dealkylation sites (N-methyl/N-ethyl adjacent to an activating group) is 1. The summed E-state index contributed by atoms with van der Waals surface area (Å²) in [7, 11) is -1.86. The highest BCUT2D eigenvalue weighted by Gasteiger charge is 2.48. The number of nitrogens with zero attached hydrogens (tertiary/aromatic N) is 1. The Morgan fingerprint density at radius 3 is 2.70 bits per heavy atom. The molecule has 6 nitrogen and oxygen atoms in total. The summed E-state index contributed by atoms with van der Waals surface area (Å²) in [5, 5.41) is 3.21. The average molecular weight is 338 g/mol. The maximum atomic E-state index is 12.6. The van der Waals surface area contributed by atoms with Gasteiger partial charge >= 0.3 is 7.60 Å². The van der Waals surface area contributed by atoms with Crippen LogP contribution in [0.2, 0.25) is 0 Å². The number of hydrogen-bond acceptors (Lipinski definition) is 4. The molecule has 126 valence electrons. The Bertz CT molecular complexity index is 624. The highest BCUT2D eigenvalue weighted by atomic mass is 31.2. The van der Waals surface area contributed by atoms with Crippen molar-refractivity contribution in [1.82, 2.24) is 10.2 Å². The Labute approximate surface area is 136 Å². The third-order valence-corrected chi connectivity index (χ3v) is 6.45. The zero-order valence-corrected chi connectivity index (χ0v) is 14.3. The largest absolute Gasteiger partial charge is 0.359 e. The first-order chi connectivity index (χ1) is 10.9. The molecule has 0 aromatic heterocycles. The van der Waals surface area contributed by atoms with E-state index < -0.39 is 13.7 Å². The van der Waals surface area contributed by atoms with E-state index in [4.69, 9.17) is 4.52 Å². The lowest BCUT2D eigenvalue weighted by molar-refractivity contribution is -0.121. The van der Waals surface area contributed by atoms with Crippen LogP contribution in [0.3, 0.4) is 0 Å². The van der Waals surface area contributed by atoms with E-state index >= 15 is 0 Å². The van der Waals surface area contributed by atoms with Gasteiger partial charge in [0.05, 0.1) is 17.5 Å². The number of benzene rings is 1. The van der Waals surface area contributed by atoms with Crippen LogP contribution in [0, 0.1) is 0 Å². The van der Waals surface area contributed by atoms with Crippen molar-refractivity contribution in [2.75, 3.05) is 7.05 Å². The SMILES string of the molecule is CC(=O)N[C@H]1[C@@H](OP(=O)(O)c2ccccc2)C[C@@H]2CC[C@H]1N2C. The lowest BCUT2D eigenvalue weighted by Gasteiger charge is -2.43. The van der Waals surface area contributed by atoms with Gasteiger partial charge < -0.3 is 10.2 Å². The fourth-order valence-corrected chi connectivity index (χ4v) is 5.07. The molecule has 7 heteroatoms. The van der Waals surface area contributed by atoms with Gasteiger partial charge in [0.15, 0.2) is 0 Å². The molecule has 1 aromatic rings. The Balaban J connectivity index is 1.82. The van der Waals surface area contributed by atoms with Gasteiger partial charge in [0, 0.05) is 19.0 Å². The molecule has 2 bridgehead atoms. The van der Waals surface area contributed by atoms with E-state index in [1.54, 1.807) is 30.3 Å². The second kappa shape index (κ2) is 6.36. The minimum Gasteiger partial charge on any atom is -0.349 e. The number of hydrogen-bond donors (Lipinski definition) is 2. The number of amides is 1. The summed E-state index contributed by atoms with van der Waals surface area (Å²) in [5.74, 6) is -0.144. The quantitative estimate of drug-likeness (QED) is 0.808. The van der Waals surface area contributed by atoms with Crippen molar-refractivity contribution in [1.29, 1.82) is 0 Å². The standard InChI is InChI=1S/C16H23N2O4P/c1-11(19)17-16-14-9-8-12(18(14)2)10-15(16)22-23(20,21)13-6-4-3-5-7-13/h3-7,12,14-16H,8-10H2,1-2H3,(H,17,19)(H,20,21)/t12-,14+,15-,16+/m0/s1. The number of carbonyl (C=O) groups excluding carboxylic acids is 1. The molecule has 2 fully saturated rings. The lowest BCUT2D eigenvalue weighted by Crippen LogP contribution is -2.60. The van der Waals surface area contributed by atoms with Gasteiger partial charge in [0.2, 0.25) is 5.91 Å². The van der Waals surface area contributed by atoms with Crippen molar-refractivity contribution in [2.45, 2.75) is 50.4 Å². The molecule has 2 N–H and O–H groups in total. The smallest absolute Gasteiger partial charge is 0.349 e. The van der Waals surface area contributed by atoms with Crippen LogP contribution in [0.15, 0.2) is 30.3 Å². The molecule has 2 aliphatic rings. The number of carbonyl (C=O) groups is 1. The predicted octanol–water partition coefficient (Wildman–Crippen LogP) is 1.25. The second-order valence-corrected chi connectivity index (χ2v) is 8.19. The van der Waals surface area contributed by atoms with Crippen molar-refractivity contribution < 1.29 is 18.8 Å². The first-order valence-corrected chi connectivity index (χ1v) is 9.52. The predicted molar refractivity (Wildman–Crippen MR) is 87.6 cm³/mol. The zero-order valence-electron chi connectivity index (χ0n) is 13.4. The Morgan fingerprint density at radius 2 is 2.04 bits per heavy atom. The number of fused-ring (bicyclic) bond motifs is 2. The van der Waals surface area contributed by atoms with Crippen LogP contribution >= 0.6 is 7.60 Å². The molecular formula is C16H23N2O4P. The molecular weight excluding hydrogens is 315 g/mol. The van der Waals surface area contributed by atoms with Gasteiger partial charge in [-0.1, -0.05) is 18.2 Å². The molecule has 1 amide bonds. The summed E-state index contributed by atoms with van der Waals surface area (Å²) >= 11 is 0. The van der Waals surface area contributed by atoms with E-state index in [1.165, 1.54) is 6.92 Å². The van der Waals surface area contributed by atoms with Gasteiger partial charge in [-0.3, -0.25) is 18.8 Å². The number of piperidine rings is 1. The van der Waals surface area contributed by atoms with Crippen LogP contribution in [0.25, 0.3) is 0 Å². The normalized spacial score (nSPS) is 33.2. The molecule has 0 spiro atoms. The second-order valence-electron chi connectivity index (χ2n) is 6.43. The minimum absolute atomic E-state index is 0.144. The lowest BCUT2D eigenvalue weighted by atomic mass is 9.95. The number of nitrogens with one attached hydrogen (secondary N) is 1. The Kier molecular flexibility index (Phi) is 4.61. The molecule has 5 atom stereocenters. The van der Waals surface area contributed by atoms with Gasteiger partial charge in [0.1, 0.15) is 0 Å². The molecule has 2 aliphatic heterocycles. The summed E-state index contributed by atoms with van der Waals surface area (Å²) in [6, 6.07) is 8.63. The van der Waals surface area contributed by atoms with Gasteiger partial charge in [-0.05, 0) is 38.4 Å². The van der Waals surface area contributed by atoms with Crippen molar-refractivity contribution in [3.8, 4) is 0 Å². The molecule has 0 saturated carbocycles. The fraction of sp³-hybridized carbons (Fsp3) is 0.562. The van der Waals surface area contributed by atoms with Crippen LogP contribution in [-0.4, -0.2) is 47.0 Å². The number of rotatable bonds is 4. The van der Waals surface area contributed by atoms with Crippen molar-refractivity contribution in [2.24, 2.45) is 0 Å². The van der Waals surface area contributed by atoms with Gasteiger partial charge in [0.25, 0.3) is 0 Å². The first kappa shape index (κ1) is 16.7. The topological polar surface area (TPSA) is 78.9 Å². The molecule has 0 aliphatic carbocycles. The monoisotopic (exact) mass is 338 g/mol. The third-order valence-electron chi connectivity index (χ3n) is 4.94. The van der Waals surface area contributed by atoms with Crippen LogP contribution in [0.5, 0.6) is 0 Å². The minimum atomic E-state index is -3.91. The van der Waals surface area contributed by atoms with Gasteiger partial charge in [-0.25, -0.2) is 0 Å². The van der Waals surface area contributed by atoms with E-state index in [0.29, 0.717) is 12.5 Å². The van der Waals surface area contributed by atoms with Gasteiger partial charge in [-0.2, -0.15) is 0 Å². The van der Waals surface area contributed by atoms with E-state index in [2.05, 4.69) is 10.2 Å². The maximum Gasteiger partial charge on any atom is 0.359 e. The molecule has 0 radical (unpaired) electrons. The Morgan fingerprint density at radius 1 is 1.35 bits per heavy atom. The van der Waals surface area contributed by atoms with E-state index in [-0.39, 0.29) is 23.3 Å². The highest BCUT2D eigenvalue weighted by Crippen LogP contribution is 2.46. The molecule has 23 heavy (non-hydrogen) atoms. The van der Waals surface area contributed by atoms with E-state index in [9.17, 15) is 14.3 Å². The average Bonchev–Trinajstić information content (AvgIpc) is 2.75. The maximum absolute atomic E-state index is 12.6.